The van der Waals surface area contributed by atoms with E-state index in [1.165, 1.54) is 148 Å². The molecule has 0 bridgehead atoms. The van der Waals surface area contributed by atoms with Gasteiger partial charge in [0.25, 0.3) is 0 Å². The monoisotopic (exact) mass is 1400 g/mol. The molecule has 566 valence electrons. The molecule has 24 nitrogen and oxygen atoms in total. The Morgan fingerprint density at radius 2 is 0.667 bits per heavy atom. The van der Waals surface area contributed by atoms with Gasteiger partial charge in [-0.15, -0.1) is 0 Å². The zero-order valence-corrected chi connectivity index (χ0v) is 59.8. The maximum atomic E-state index is 14.3. The van der Waals surface area contributed by atoms with Crippen LogP contribution >= 0.6 is 7.82 Å². The number of esters is 3. The standard InChI is InChI=1S/C71H133O24P/c1-4-7-10-13-16-19-22-24-25-26-27-29-31-34-37-40-43-46-56(74)88-51-54-59(77)61(79)66(84)71(92-54)94-68-64(82)62(80)63(81)67(93-70-65(83)60(78)58(76)53(48-72)91-70)69(68)95-96(85,86)89-50-52(49-87-55(73)45-42-39-36-33-30-21-18-15-12-9-6-3)90-57(75)47-44-41-38-35-32-28-23-20-17-14-11-8-5-2/h52-54,58-72,76-84H,4-51H2,1-3H3,(H,85,86). The van der Waals surface area contributed by atoms with Gasteiger partial charge in [0.1, 0.15) is 98.7 Å². The molecule has 2 aliphatic heterocycles. The molecule has 0 aromatic heterocycles. The van der Waals surface area contributed by atoms with E-state index in [1.54, 1.807) is 0 Å². The zero-order valence-electron chi connectivity index (χ0n) is 58.9. The lowest BCUT2D eigenvalue weighted by atomic mass is 9.84. The number of hydrogen-bond donors (Lipinski definition) is 11. The predicted molar refractivity (Wildman–Crippen MR) is 361 cm³/mol. The number of carbonyl (C=O) groups excluding carboxylic acids is 3. The highest BCUT2D eigenvalue weighted by molar-refractivity contribution is 7.47. The van der Waals surface area contributed by atoms with Gasteiger partial charge >= 0.3 is 25.7 Å². The number of ether oxygens (including phenoxy) is 7. The van der Waals surface area contributed by atoms with Gasteiger partial charge in [0, 0.05) is 19.3 Å². The van der Waals surface area contributed by atoms with Gasteiger partial charge in [0.2, 0.25) is 0 Å². The summed E-state index contributed by atoms with van der Waals surface area (Å²) in [5.74, 6) is -1.97. The molecule has 18 unspecified atom stereocenters. The summed E-state index contributed by atoms with van der Waals surface area (Å²) in [4.78, 5) is 50.9. The lowest BCUT2D eigenvalue weighted by molar-refractivity contribution is -0.360. The number of rotatable bonds is 59. The van der Waals surface area contributed by atoms with Crippen molar-refractivity contribution in [2.75, 3.05) is 26.4 Å². The first-order valence-electron chi connectivity index (χ1n) is 37.8. The number of aliphatic hydroxyl groups is 10. The molecular weight excluding hydrogens is 1270 g/mol. The molecule has 0 spiro atoms. The Morgan fingerprint density at radius 3 is 1.02 bits per heavy atom. The molecule has 0 amide bonds. The van der Waals surface area contributed by atoms with Gasteiger partial charge < -0.3 is 89.1 Å². The van der Waals surface area contributed by atoms with Crippen LogP contribution in [0.15, 0.2) is 0 Å². The molecule has 1 aliphatic carbocycles. The maximum absolute atomic E-state index is 14.3. The molecule has 0 radical (unpaired) electrons. The normalized spacial score (nSPS) is 27.9. The summed E-state index contributed by atoms with van der Waals surface area (Å²) >= 11 is 0. The van der Waals surface area contributed by atoms with Crippen LogP contribution in [0.4, 0.5) is 0 Å². The number of phosphoric acid groups is 1. The summed E-state index contributed by atoms with van der Waals surface area (Å²) in [5, 5.41) is 110. The molecule has 18 atom stereocenters. The highest BCUT2D eigenvalue weighted by atomic mass is 31.2. The van der Waals surface area contributed by atoms with Gasteiger partial charge in [-0.3, -0.25) is 23.4 Å². The minimum absolute atomic E-state index is 0.0336. The fourth-order valence-corrected chi connectivity index (χ4v) is 13.7. The van der Waals surface area contributed by atoms with Crippen molar-refractivity contribution in [3.05, 3.63) is 0 Å². The van der Waals surface area contributed by atoms with Gasteiger partial charge in [-0.05, 0) is 19.3 Å². The highest BCUT2D eigenvalue weighted by Crippen LogP contribution is 2.49. The Hall–Kier alpha value is -2.04. The van der Waals surface area contributed by atoms with Crippen LogP contribution in [0.3, 0.4) is 0 Å². The van der Waals surface area contributed by atoms with E-state index in [-0.39, 0.29) is 19.3 Å². The van der Waals surface area contributed by atoms with E-state index in [1.807, 2.05) is 0 Å². The molecule has 25 heteroatoms. The van der Waals surface area contributed by atoms with E-state index >= 15 is 0 Å². The lowest BCUT2D eigenvalue weighted by Crippen LogP contribution is -2.69. The second-order valence-electron chi connectivity index (χ2n) is 27.4. The number of hydrogen-bond acceptors (Lipinski definition) is 23. The Morgan fingerprint density at radius 1 is 0.365 bits per heavy atom. The Labute approximate surface area is 574 Å². The summed E-state index contributed by atoms with van der Waals surface area (Å²) in [5.41, 5.74) is 0. The van der Waals surface area contributed by atoms with Crippen LogP contribution in [0.5, 0.6) is 0 Å². The first-order valence-corrected chi connectivity index (χ1v) is 39.3. The third kappa shape index (κ3) is 36.7. The molecule has 3 rings (SSSR count). The summed E-state index contributed by atoms with van der Waals surface area (Å²) in [6, 6.07) is 0. The molecule has 0 aromatic carbocycles. The Balaban J connectivity index is 1.71. The van der Waals surface area contributed by atoms with Gasteiger partial charge in [-0.1, -0.05) is 265 Å². The van der Waals surface area contributed by atoms with Crippen molar-refractivity contribution < 1.29 is 117 Å². The minimum atomic E-state index is -5.69. The van der Waals surface area contributed by atoms with Crippen LogP contribution in [-0.4, -0.2) is 204 Å². The van der Waals surface area contributed by atoms with E-state index < -0.39 is 156 Å². The second-order valence-corrected chi connectivity index (χ2v) is 28.8. The van der Waals surface area contributed by atoms with Crippen molar-refractivity contribution in [2.24, 2.45) is 0 Å². The Kier molecular flexibility index (Phi) is 49.4. The summed E-state index contributed by atoms with van der Waals surface area (Å²) in [6.07, 6.45) is 10.3. The molecular formula is C71H133O24P. The molecule has 11 N–H and O–H groups in total. The first kappa shape index (κ1) is 88.2. The van der Waals surface area contributed by atoms with Gasteiger partial charge in [0.05, 0.1) is 13.2 Å². The largest absolute Gasteiger partial charge is 0.472 e. The molecule has 2 saturated heterocycles. The smallest absolute Gasteiger partial charge is 0.463 e. The summed E-state index contributed by atoms with van der Waals surface area (Å²) < 4.78 is 65.0. The van der Waals surface area contributed by atoms with E-state index in [9.17, 15) is 74.9 Å². The summed E-state index contributed by atoms with van der Waals surface area (Å²) in [7, 11) is -5.69. The van der Waals surface area contributed by atoms with E-state index in [4.69, 9.17) is 42.2 Å². The highest BCUT2D eigenvalue weighted by Gasteiger charge is 2.58. The van der Waals surface area contributed by atoms with Crippen molar-refractivity contribution in [1.29, 1.82) is 0 Å². The molecule has 3 fully saturated rings. The third-order valence-electron chi connectivity index (χ3n) is 18.9. The minimum Gasteiger partial charge on any atom is -0.463 e. The number of phosphoric ester groups is 1. The molecule has 2 heterocycles. The van der Waals surface area contributed by atoms with Crippen molar-refractivity contribution in [1.82, 2.24) is 0 Å². The van der Waals surface area contributed by atoms with Gasteiger partial charge in [-0.25, -0.2) is 4.57 Å². The molecule has 96 heavy (non-hydrogen) atoms. The Bertz CT molecular complexity index is 1990. The van der Waals surface area contributed by atoms with Crippen molar-refractivity contribution in [2.45, 2.75) is 407 Å². The average molecular weight is 1400 g/mol. The topological polar surface area (TPSA) is 374 Å². The quantitative estimate of drug-likeness (QED) is 0.0117. The van der Waals surface area contributed by atoms with Crippen LogP contribution in [0, 0.1) is 0 Å². The molecule has 0 aromatic rings. The van der Waals surface area contributed by atoms with Crippen LogP contribution in [-0.2, 0) is 61.2 Å². The van der Waals surface area contributed by atoms with Gasteiger partial charge in [-0.2, -0.15) is 0 Å². The number of unbranched alkanes of at least 4 members (excludes halogenated alkanes) is 38. The van der Waals surface area contributed by atoms with Crippen LogP contribution in [0.1, 0.15) is 303 Å². The summed E-state index contributed by atoms with van der Waals surface area (Å²) in [6.45, 7) is 3.45. The maximum Gasteiger partial charge on any atom is 0.472 e. The van der Waals surface area contributed by atoms with Crippen molar-refractivity contribution in [3.8, 4) is 0 Å². The van der Waals surface area contributed by atoms with Crippen LogP contribution in [0.25, 0.3) is 0 Å². The van der Waals surface area contributed by atoms with Crippen molar-refractivity contribution >= 4 is 25.7 Å². The van der Waals surface area contributed by atoms with Crippen LogP contribution in [0.2, 0.25) is 0 Å². The van der Waals surface area contributed by atoms with Crippen molar-refractivity contribution in [3.63, 3.8) is 0 Å². The number of carbonyl (C=O) groups is 3. The van der Waals surface area contributed by atoms with E-state index in [0.29, 0.717) is 19.3 Å². The first-order chi connectivity index (χ1) is 46.3. The molecule has 1 saturated carbocycles. The second kappa shape index (κ2) is 53.7. The van der Waals surface area contributed by atoms with Gasteiger partial charge in [0.15, 0.2) is 18.7 Å². The third-order valence-corrected chi connectivity index (χ3v) is 19.9. The van der Waals surface area contributed by atoms with Crippen LogP contribution < -0.4 is 0 Å². The van der Waals surface area contributed by atoms with E-state index in [2.05, 4.69) is 20.8 Å². The average Bonchev–Trinajstić information content (AvgIpc) is 0.763. The zero-order chi connectivity index (χ0) is 70.4. The fraction of sp³-hybridized carbons (Fsp3) is 0.958. The predicted octanol–water partition coefficient (Wildman–Crippen LogP) is 10.2. The van der Waals surface area contributed by atoms with E-state index in [0.717, 1.165) is 96.3 Å². The lowest BCUT2D eigenvalue weighted by Gasteiger charge is -2.49. The fourth-order valence-electron chi connectivity index (χ4n) is 12.7. The SMILES string of the molecule is CCCCCCCCCCCCCCCCCCCC(=O)OCC1OC(OC2C(O)C(O)C(O)C(OC3OC(CO)C(O)C(O)C3O)C2OP(=O)(O)OCC(COC(=O)CCCCCCCCCCCCC)OC(=O)CCCCCCCCCCCCCCC)C(O)C(O)C1O. The number of aliphatic hydroxyl groups excluding tert-OH is 10. The molecule has 3 aliphatic rings.